The highest BCUT2D eigenvalue weighted by Gasteiger charge is 2.29. The SMILES string of the molecule is COC(=O)C1CCCCN1Cc1cncc(C)c1. The van der Waals surface area contributed by atoms with Crippen molar-refractivity contribution in [3.8, 4) is 0 Å². The average molecular weight is 248 g/mol. The summed E-state index contributed by atoms with van der Waals surface area (Å²) in [6, 6.07) is 2.03. The molecular weight excluding hydrogens is 228 g/mol. The molecule has 1 fully saturated rings. The number of ether oxygens (including phenoxy) is 1. The number of hydrogen-bond donors (Lipinski definition) is 0. The zero-order chi connectivity index (χ0) is 13.0. The Balaban J connectivity index is 2.07. The molecule has 18 heavy (non-hydrogen) atoms. The van der Waals surface area contributed by atoms with Crippen molar-refractivity contribution in [3.05, 3.63) is 29.6 Å². The highest BCUT2D eigenvalue weighted by Crippen LogP contribution is 2.20. The van der Waals surface area contributed by atoms with Crippen molar-refractivity contribution < 1.29 is 9.53 Å². The number of pyridine rings is 1. The van der Waals surface area contributed by atoms with Gasteiger partial charge in [0.2, 0.25) is 0 Å². The monoisotopic (exact) mass is 248 g/mol. The van der Waals surface area contributed by atoms with Crippen LogP contribution in [0.5, 0.6) is 0 Å². The third-order valence-electron chi connectivity index (χ3n) is 3.40. The van der Waals surface area contributed by atoms with Crippen LogP contribution in [0.25, 0.3) is 0 Å². The van der Waals surface area contributed by atoms with E-state index in [1.165, 1.54) is 7.11 Å². The lowest BCUT2D eigenvalue weighted by atomic mass is 10.0. The fourth-order valence-electron chi connectivity index (χ4n) is 2.52. The van der Waals surface area contributed by atoms with E-state index in [0.29, 0.717) is 0 Å². The molecule has 0 N–H and O–H groups in total. The number of aryl methyl sites for hydroxylation is 1. The first-order valence-electron chi connectivity index (χ1n) is 6.43. The van der Waals surface area contributed by atoms with Crippen molar-refractivity contribution in [2.75, 3.05) is 13.7 Å². The van der Waals surface area contributed by atoms with E-state index in [1.54, 1.807) is 0 Å². The number of likely N-dealkylation sites (tertiary alicyclic amines) is 1. The van der Waals surface area contributed by atoms with Crippen molar-refractivity contribution in [2.24, 2.45) is 0 Å². The van der Waals surface area contributed by atoms with Gasteiger partial charge in [-0.1, -0.05) is 12.5 Å². The molecule has 0 bridgehead atoms. The number of piperidine rings is 1. The normalized spacial score (nSPS) is 20.7. The molecule has 0 radical (unpaired) electrons. The quantitative estimate of drug-likeness (QED) is 0.766. The Kier molecular flexibility index (Phi) is 4.31. The molecule has 1 aliphatic heterocycles. The van der Waals surface area contributed by atoms with Gasteiger partial charge in [-0.25, -0.2) is 0 Å². The predicted octanol–water partition coefficient (Wildman–Crippen LogP) is 1.92. The number of rotatable bonds is 3. The Hall–Kier alpha value is -1.42. The lowest BCUT2D eigenvalue weighted by molar-refractivity contribution is -0.148. The van der Waals surface area contributed by atoms with Crippen molar-refractivity contribution >= 4 is 5.97 Å². The largest absolute Gasteiger partial charge is 0.468 e. The molecule has 2 rings (SSSR count). The fourth-order valence-corrected chi connectivity index (χ4v) is 2.52. The van der Waals surface area contributed by atoms with Crippen LogP contribution in [0, 0.1) is 6.92 Å². The molecule has 0 saturated carbocycles. The van der Waals surface area contributed by atoms with Gasteiger partial charge < -0.3 is 4.74 Å². The molecular formula is C14H20N2O2. The van der Waals surface area contributed by atoms with E-state index >= 15 is 0 Å². The molecule has 0 aromatic carbocycles. The van der Waals surface area contributed by atoms with Gasteiger partial charge in [-0.15, -0.1) is 0 Å². The summed E-state index contributed by atoms with van der Waals surface area (Å²) in [4.78, 5) is 18.2. The standard InChI is InChI=1S/C14H20N2O2/c1-11-7-12(9-15-8-11)10-16-6-4-3-5-13(16)14(17)18-2/h7-9,13H,3-6,10H2,1-2H3. The molecule has 4 nitrogen and oxygen atoms in total. The van der Waals surface area contributed by atoms with Gasteiger partial charge in [0, 0.05) is 18.9 Å². The molecule has 1 aliphatic rings. The van der Waals surface area contributed by atoms with Gasteiger partial charge in [0.1, 0.15) is 6.04 Å². The summed E-state index contributed by atoms with van der Waals surface area (Å²) in [7, 11) is 1.46. The zero-order valence-corrected chi connectivity index (χ0v) is 11.1. The second kappa shape index (κ2) is 5.96. The Bertz CT molecular complexity index is 420. The second-order valence-electron chi connectivity index (χ2n) is 4.88. The van der Waals surface area contributed by atoms with E-state index in [9.17, 15) is 4.79 Å². The van der Waals surface area contributed by atoms with Crippen LogP contribution in [0.3, 0.4) is 0 Å². The Morgan fingerprint density at radius 1 is 1.50 bits per heavy atom. The summed E-state index contributed by atoms with van der Waals surface area (Å²) < 4.78 is 4.89. The number of aromatic nitrogens is 1. The summed E-state index contributed by atoms with van der Waals surface area (Å²) in [5.74, 6) is -0.115. The van der Waals surface area contributed by atoms with Gasteiger partial charge in [0.15, 0.2) is 0 Å². The van der Waals surface area contributed by atoms with E-state index in [1.807, 2.05) is 19.3 Å². The van der Waals surface area contributed by atoms with E-state index in [-0.39, 0.29) is 12.0 Å². The van der Waals surface area contributed by atoms with Crippen molar-refractivity contribution in [2.45, 2.75) is 38.8 Å². The molecule has 2 heterocycles. The van der Waals surface area contributed by atoms with Gasteiger partial charge in [-0.05, 0) is 37.4 Å². The third-order valence-corrected chi connectivity index (χ3v) is 3.40. The Morgan fingerprint density at radius 2 is 2.33 bits per heavy atom. The minimum absolute atomic E-state index is 0.0933. The van der Waals surface area contributed by atoms with Crippen LogP contribution in [0.1, 0.15) is 30.4 Å². The highest BCUT2D eigenvalue weighted by atomic mass is 16.5. The first kappa shape index (κ1) is 13.0. The number of esters is 1. The number of hydrogen-bond acceptors (Lipinski definition) is 4. The maximum atomic E-state index is 11.8. The minimum Gasteiger partial charge on any atom is -0.468 e. The van der Waals surface area contributed by atoms with Gasteiger partial charge in [-0.3, -0.25) is 14.7 Å². The van der Waals surface area contributed by atoms with Crippen LogP contribution in [0.4, 0.5) is 0 Å². The first-order chi connectivity index (χ1) is 8.70. The molecule has 1 saturated heterocycles. The summed E-state index contributed by atoms with van der Waals surface area (Å²) in [5.41, 5.74) is 2.31. The maximum Gasteiger partial charge on any atom is 0.323 e. The van der Waals surface area contributed by atoms with Crippen molar-refractivity contribution in [1.82, 2.24) is 9.88 Å². The fraction of sp³-hybridized carbons (Fsp3) is 0.571. The van der Waals surface area contributed by atoms with Gasteiger partial charge in [0.25, 0.3) is 0 Å². The first-order valence-corrected chi connectivity index (χ1v) is 6.43. The molecule has 0 aliphatic carbocycles. The van der Waals surface area contributed by atoms with E-state index < -0.39 is 0 Å². The van der Waals surface area contributed by atoms with Crippen LogP contribution in [0.2, 0.25) is 0 Å². The third kappa shape index (κ3) is 3.07. The van der Waals surface area contributed by atoms with Crippen molar-refractivity contribution in [1.29, 1.82) is 0 Å². The predicted molar refractivity (Wildman–Crippen MR) is 69.0 cm³/mol. The summed E-state index contributed by atoms with van der Waals surface area (Å²) in [6.07, 6.45) is 6.86. The molecule has 0 spiro atoms. The van der Waals surface area contributed by atoms with E-state index in [2.05, 4.69) is 16.0 Å². The van der Waals surface area contributed by atoms with Gasteiger partial charge >= 0.3 is 5.97 Å². The lowest BCUT2D eigenvalue weighted by Gasteiger charge is -2.33. The molecule has 1 unspecified atom stereocenters. The number of carbonyl (C=O) groups is 1. The lowest BCUT2D eigenvalue weighted by Crippen LogP contribution is -2.44. The Morgan fingerprint density at radius 3 is 3.06 bits per heavy atom. The van der Waals surface area contributed by atoms with Crippen LogP contribution >= 0.6 is 0 Å². The summed E-state index contributed by atoms with van der Waals surface area (Å²) in [5, 5.41) is 0. The molecule has 1 aromatic heterocycles. The molecule has 0 amide bonds. The molecule has 1 aromatic rings. The van der Waals surface area contributed by atoms with Crippen molar-refractivity contribution in [3.63, 3.8) is 0 Å². The van der Waals surface area contributed by atoms with Crippen LogP contribution in [-0.4, -0.2) is 35.5 Å². The zero-order valence-electron chi connectivity index (χ0n) is 11.1. The second-order valence-corrected chi connectivity index (χ2v) is 4.88. The number of nitrogens with zero attached hydrogens (tertiary/aromatic N) is 2. The van der Waals surface area contributed by atoms with E-state index in [4.69, 9.17) is 4.74 Å². The van der Waals surface area contributed by atoms with Gasteiger partial charge in [0.05, 0.1) is 7.11 Å². The topological polar surface area (TPSA) is 42.4 Å². The molecule has 4 heteroatoms. The van der Waals surface area contributed by atoms with Crippen LogP contribution < -0.4 is 0 Å². The maximum absolute atomic E-state index is 11.8. The average Bonchev–Trinajstić information content (AvgIpc) is 2.38. The highest BCUT2D eigenvalue weighted by molar-refractivity contribution is 5.75. The number of methoxy groups -OCH3 is 1. The van der Waals surface area contributed by atoms with E-state index in [0.717, 1.165) is 43.5 Å². The van der Waals surface area contributed by atoms with Crippen LogP contribution in [-0.2, 0) is 16.1 Å². The van der Waals surface area contributed by atoms with Gasteiger partial charge in [-0.2, -0.15) is 0 Å². The smallest absolute Gasteiger partial charge is 0.323 e. The summed E-state index contributed by atoms with van der Waals surface area (Å²) in [6.45, 7) is 3.76. The Labute approximate surface area is 108 Å². The molecule has 98 valence electrons. The van der Waals surface area contributed by atoms with Crippen LogP contribution in [0.15, 0.2) is 18.5 Å². The molecule has 1 atom stereocenters. The minimum atomic E-state index is -0.115. The summed E-state index contributed by atoms with van der Waals surface area (Å²) >= 11 is 0. The number of carbonyl (C=O) groups excluding carboxylic acids is 1.